The number of fused-ring (bicyclic) bond motifs is 4. The van der Waals surface area contributed by atoms with E-state index < -0.39 is 114 Å². The molecule has 5 fully saturated rings. The number of Topliss-reactive ketones (excluding diaryl/α,β-unsaturated/α-hetero) is 1. The standard InChI is InChI=1S/C42H66O15/c1-10-11-12-13-14-15-16-17-29-40(3,4)32-18-24(2)42(47,57-32)28(43)19-25-20-30(41(5,6)31(53-25)21-33(44)54-29)55-39-37(50-9)36(27(49-8)23-52-39)56-38-35(46)34(45)26(48-7)22-51-38/h12-17,24-27,29-32,34-39,45-47H,10-11,18-23H2,1-9H3/b13-12+,15-14+,17-16+. The summed E-state index contributed by atoms with van der Waals surface area (Å²) in [6, 6.07) is 0. The molecule has 57 heavy (non-hydrogen) atoms. The summed E-state index contributed by atoms with van der Waals surface area (Å²) in [5.74, 6) is -3.63. The predicted molar refractivity (Wildman–Crippen MR) is 205 cm³/mol. The lowest BCUT2D eigenvalue weighted by molar-refractivity contribution is -0.352. The van der Waals surface area contributed by atoms with E-state index in [1.165, 1.54) is 21.3 Å². The Hall–Kier alpha value is -2.12. The largest absolute Gasteiger partial charge is 0.457 e. The van der Waals surface area contributed by atoms with Crippen molar-refractivity contribution in [3.8, 4) is 0 Å². The molecule has 324 valence electrons. The number of hydrogen-bond acceptors (Lipinski definition) is 15. The van der Waals surface area contributed by atoms with E-state index in [2.05, 4.69) is 13.0 Å². The number of esters is 1. The number of carbonyl (C=O) groups is 2. The Morgan fingerprint density at radius 2 is 1.47 bits per heavy atom. The van der Waals surface area contributed by atoms with E-state index in [0.717, 1.165) is 12.8 Å². The van der Waals surface area contributed by atoms with Gasteiger partial charge in [-0.15, -0.1) is 0 Å². The molecule has 15 heteroatoms. The topological polar surface area (TPSA) is 187 Å². The molecule has 0 amide bonds. The van der Waals surface area contributed by atoms with Crippen molar-refractivity contribution in [3.63, 3.8) is 0 Å². The highest BCUT2D eigenvalue weighted by atomic mass is 16.7. The van der Waals surface area contributed by atoms with Gasteiger partial charge in [0.05, 0.1) is 44.1 Å². The van der Waals surface area contributed by atoms with Crippen molar-refractivity contribution in [1.82, 2.24) is 0 Å². The number of allylic oxidation sites excluding steroid dienone is 5. The Balaban J connectivity index is 1.41. The van der Waals surface area contributed by atoms with Crippen molar-refractivity contribution >= 4 is 11.8 Å². The van der Waals surface area contributed by atoms with Crippen LogP contribution in [0, 0.1) is 16.7 Å². The SMILES string of the molecule is CCC/C=C/C=C/C=C/C1OC(=O)CC2OC(CC(=O)C3(O)OC(CC3C)C1(C)C)CC(OC1OCC(OC)C(OC3OCC(OC)C(O)C3O)C1OC)C2(C)C. The van der Waals surface area contributed by atoms with Gasteiger partial charge in [-0.2, -0.15) is 0 Å². The number of aliphatic hydroxyl groups is 3. The fourth-order valence-corrected chi connectivity index (χ4v) is 8.38. The number of aliphatic hydroxyl groups excluding tert-OH is 2. The second kappa shape index (κ2) is 19.5. The summed E-state index contributed by atoms with van der Waals surface area (Å²) >= 11 is 0. The molecule has 5 heterocycles. The quantitative estimate of drug-likeness (QED) is 0.192. The van der Waals surface area contributed by atoms with Gasteiger partial charge in [0.15, 0.2) is 18.4 Å². The number of ether oxygens (including phenoxy) is 10. The molecule has 15 atom stereocenters. The highest BCUT2D eigenvalue weighted by Crippen LogP contribution is 2.48. The van der Waals surface area contributed by atoms with Crippen LogP contribution in [-0.2, 0) is 57.0 Å². The van der Waals surface area contributed by atoms with Gasteiger partial charge in [0, 0.05) is 50.9 Å². The Labute approximate surface area is 336 Å². The average molecular weight is 811 g/mol. The van der Waals surface area contributed by atoms with Crippen molar-refractivity contribution in [2.24, 2.45) is 16.7 Å². The van der Waals surface area contributed by atoms with Gasteiger partial charge in [-0.3, -0.25) is 9.59 Å². The first-order valence-corrected chi connectivity index (χ1v) is 20.3. The number of unbranched alkanes of at least 4 members (excludes halogenated alkanes) is 1. The van der Waals surface area contributed by atoms with Crippen LogP contribution in [0.25, 0.3) is 0 Å². The maximum Gasteiger partial charge on any atom is 0.309 e. The Bertz CT molecular complexity index is 1430. The van der Waals surface area contributed by atoms with Crippen molar-refractivity contribution in [2.45, 2.75) is 166 Å². The summed E-state index contributed by atoms with van der Waals surface area (Å²) in [4.78, 5) is 28.0. The molecule has 0 aliphatic carbocycles. The van der Waals surface area contributed by atoms with Crippen LogP contribution in [-0.4, -0.2) is 147 Å². The van der Waals surface area contributed by atoms with E-state index in [4.69, 9.17) is 47.4 Å². The number of hydrogen-bond donors (Lipinski definition) is 3. The van der Waals surface area contributed by atoms with Crippen molar-refractivity contribution in [2.75, 3.05) is 34.5 Å². The summed E-state index contributed by atoms with van der Waals surface area (Å²) < 4.78 is 60.8. The lowest BCUT2D eigenvalue weighted by Gasteiger charge is -2.50. The van der Waals surface area contributed by atoms with Crippen LogP contribution in [0.5, 0.6) is 0 Å². The third kappa shape index (κ3) is 10.1. The Kier molecular flexibility index (Phi) is 15.7. The van der Waals surface area contributed by atoms with E-state index in [0.29, 0.717) is 6.42 Å². The van der Waals surface area contributed by atoms with E-state index in [1.54, 1.807) is 6.92 Å². The molecule has 4 bridgehead atoms. The van der Waals surface area contributed by atoms with Crippen LogP contribution in [0.2, 0.25) is 0 Å². The third-order valence-corrected chi connectivity index (χ3v) is 12.5. The molecule has 5 aliphatic heterocycles. The molecule has 0 saturated carbocycles. The summed E-state index contributed by atoms with van der Waals surface area (Å²) in [5, 5.41) is 33.3. The van der Waals surface area contributed by atoms with Crippen LogP contribution in [0.4, 0.5) is 0 Å². The highest BCUT2D eigenvalue weighted by molar-refractivity contribution is 5.86. The molecule has 5 rings (SSSR count). The van der Waals surface area contributed by atoms with Crippen LogP contribution < -0.4 is 0 Å². The molecule has 5 aliphatic rings. The Morgan fingerprint density at radius 1 is 0.789 bits per heavy atom. The minimum absolute atomic E-state index is 0.0140. The molecular weight excluding hydrogens is 744 g/mol. The zero-order valence-electron chi connectivity index (χ0n) is 34.9. The number of ketones is 1. The third-order valence-electron chi connectivity index (χ3n) is 12.5. The molecule has 0 aromatic carbocycles. The van der Waals surface area contributed by atoms with Gasteiger partial charge in [-0.1, -0.05) is 78.3 Å². The van der Waals surface area contributed by atoms with Crippen LogP contribution >= 0.6 is 0 Å². The second-order valence-electron chi connectivity index (χ2n) is 17.2. The van der Waals surface area contributed by atoms with Crippen LogP contribution in [0.1, 0.15) is 80.1 Å². The number of carbonyl (C=O) groups excluding carboxylic acids is 2. The molecule has 15 unspecified atom stereocenters. The fraction of sp³-hybridized carbons (Fsp3) is 0.810. The number of methoxy groups -OCH3 is 3. The maximum absolute atomic E-state index is 14.1. The molecule has 5 saturated heterocycles. The van der Waals surface area contributed by atoms with E-state index in [1.807, 2.05) is 58.1 Å². The van der Waals surface area contributed by atoms with Crippen molar-refractivity contribution < 1.29 is 72.3 Å². The normalized spacial score (nSPS) is 42.9. The summed E-state index contributed by atoms with van der Waals surface area (Å²) in [7, 11) is 4.37. The molecule has 0 aromatic rings. The Morgan fingerprint density at radius 3 is 2.16 bits per heavy atom. The van der Waals surface area contributed by atoms with Gasteiger partial charge >= 0.3 is 5.97 Å². The van der Waals surface area contributed by atoms with E-state index >= 15 is 0 Å². The highest BCUT2D eigenvalue weighted by Gasteiger charge is 2.58. The van der Waals surface area contributed by atoms with Gasteiger partial charge in [-0.25, -0.2) is 0 Å². The van der Waals surface area contributed by atoms with Crippen LogP contribution in [0.15, 0.2) is 36.5 Å². The van der Waals surface area contributed by atoms with Gasteiger partial charge in [0.2, 0.25) is 5.79 Å². The first-order valence-electron chi connectivity index (χ1n) is 20.3. The van der Waals surface area contributed by atoms with Crippen molar-refractivity contribution in [1.29, 1.82) is 0 Å². The summed E-state index contributed by atoms with van der Waals surface area (Å²) in [6.07, 6.45) is 2.02. The monoisotopic (exact) mass is 810 g/mol. The molecular formula is C42H66O15. The molecule has 0 spiro atoms. The number of cyclic esters (lactones) is 1. The lowest BCUT2D eigenvalue weighted by atomic mass is 9.73. The van der Waals surface area contributed by atoms with E-state index in [9.17, 15) is 24.9 Å². The molecule has 15 nitrogen and oxygen atoms in total. The minimum atomic E-state index is -2.07. The van der Waals surface area contributed by atoms with Gasteiger partial charge in [-0.05, 0) is 18.9 Å². The van der Waals surface area contributed by atoms with Crippen LogP contribution in [0.3, 0.4) is 0 Å². The first kappa shape index (κ1) is 46.0. The zero-order valence-corrected chi connectivity index (χ0v) is 34.9. The maximum atomic E-state index is 14.1. The van der Waals surface area contributed by atoms with E-state index in [-0.39, 0.29) is 32.5 Å². The fourth-order valence-electron chi connectivity index (χ4n) is 8.38. The molecule has 0 radical (unpaired) electrons. The average Bonchev–Trinajstić information content (AvgIpc) is 3.49. The number of rotatable bonds is 12. The summed E-state index contributed by atoms with van der Waals surface area (Å²) in [5.41, 5.74) is -1.67. The van der Waals surface area contributed by atoms with Gasteiger partial charge in [0.1, 0.15) is 42.7 Å². The first-order chi connectivity index (χ1) is 27.0. The predicted octanol–water partition coefficient (Wildman–Crippen LogP) is 3.30. The van der Waals surface area contributed by atoms with Gasteiger partial charge in [0.25, 0.3) is 0 Å². The minimum Gasteiger partial charge on any atom is -0.457 e. The zero-order chi connectivity index (χ0) is 41.7. The molecule has 3 N–H and O–H groups in total. The van der Waals surface area contributed by atoms with Gasteiger partial charge < -0.3 is 62.7 Å². The van der Waals surface area contributed by atoms with Crippen molar-refractivity contribution in [3.05, 3.63) is 36.5 Å². The smallest absolute Gasteiger partial charge is 0.309 e. The lowest BCUT2D eigenvalue weighted by Crippen LogP contribution is -2.62. The molecule has 0 aromatic heterocycles. The second-order valence-corrected chi connectivity index (χ2v) is 17.2. The summed E-state index contributed by atoms with van der Waals surface area (Å²) in [6.45, 7) is 11.6.